The number of amides is 2. The Morgan fingerprint density at radius 1 is 1.02 bits per heavy atom. The Bertz CT molecular complexity index is 1660. The lowest BCUT2D eigenvalue weighted by Gasteiger charge is -2.30. The minimum atomic E-state index is -1.25. The van der Waals surface area contributed by atoms with E-state index in [0.717, 1.165) is 15.9 Å². The summed E-state index contributed by atoms with van der Waals surface area (Å²) in [6, 6.07) is 21.3. The van der Waals surface area contributed by atoms with Crippen molar-refractivity contribution in [1.82, 2.24) is 25.5 Å². The molecular weight excluding hydrogens is 527 g/mol. The topological polar surface area (TPSA) is 126 Å². The molecule has 2 aromatic heterocycles. The second-order valence-corrected chi connectivity index (χ2v) is 9.49. The first-order valence-electron chi connectivity index (χ1n) is 12.8. The van der Waals surface area contributed by atoms with Crippen molar-refractivity contribution in [3.05, 3.63) is 113 Å². The molecule has 0 aliphatic carbocycles. The number of aromatic nitrogens is 4. The summed E-state index contributed by atoms with van der Waals surface area (Å²) in [5, 5.41) is 25.5. The highest BCUT2D eigenvalue weighted by Gasteiger charge is 2.35. The summed E-state index contributed by atoms with van der Waals surface area (Å²) < 4.78 is 19.2. The molecule has 0 fully saturated rings. The van der Waals surface area contributed by atoms with E-state index in [1.165, 1.54) is 29.2 Å². The number of rotatable bonds is 9. The number of carbonyl (C=O) groups is 2. The Morgan fingerprint density at radius 2 is 1.78 bits per heavy atom. The van der Waals surface area contributed by atoms with E-state index in [9.17, 15) is 19.1 Å². The van der Waals surface area contributed by atoms with Gasteiger partial charge in [0.15, 0.2) is 6.04 Å². The summed E-state index contributed by atoms with van der Waals surface area (Å²) in [6.45, 7) is 3.43. The molecule has 41 heavy (non-hydrogen) atoms. The summed E-state index contributed by atoms with van der Waals surface area (Å²) in [6.07, 6.45) is 0. The molecule has 0 aliphatic rings. The fourth-order valence-corrected chi connectivity index (χ4v) is 4.27. The van der Waals surface area contributed by atoms with Gasteiger partial charge in [-0.3, -0.25) is 14.5 Å². The molecule has 0 saturated carbocycles. The third kappa shape index (κ3) is 6.47. The first kappa shape index (κ1) is 27.3. The molecule has 0 spiro atoms. The molecule has 3 aromatic carbocycles. The lowest BCUT2D eigenvalue weighted by atomic mass is 10.1. The number of phenols is 1. The Morgan fingerprint density at radius 3 is 2.46 bits per heavy atom. The second kappa shape index (κ2) is 11.8. The van der Waals surface area contributed by atoms with Gasteiger partial charge in [-0.15, -0.1) is 10.2 Å². The highest BCUT2D eigenvalue weighted by molar-refractivity contribution is 6.01. The normalized spacial score (nSPS) is 11.7. The zero-order valence-corrected chi connectivity index (χ0v) is 22.4. The molecule has 2 heterocycles. The van der Waals surface area contributed by atoms with Crippen molar-refractivity contribution in [2.75, 3.05) is 4.90 Å². The van der Waals surface area contributed by atoms with E-state index in [1.807, 2.05) is 31.2 Å². The second-order valence-electron chi connectivity index (χ2n) is 9.49. The summed E-state index contributed by atoms with van der Waals surface area (Å²) in [5.41, 5.74) is 2.74. The van der Waals surface area contributed by atoms with Crippen LogP contribution in [0.4, 0.5) is 10.1 Å². The molecule has 2 amide bonds. The van der Waals surface area contributed by atoms with Crippen LogP contribution in [-0.4, -0.2) is 37.1 Å². The lowest BCUT2D eigenvalue weighted by molar-refractivity contribution is -0.127. The van der Waals surface area contributed by atoms with Crippen LogP contribution in [0.5, 0.6) is 5.75 Å². The van der Waals surface area contributed by atoms with Crippen LogP contribution in [0.25, 0.3) is 11.4 Å². The maximum Gasteiger partial charge on any atom is 0.251 e. The van der Waals surface area contributed by atoms with E-state index in [4.69, 9.17) is 4.42 Å². The van der Waals surface area contributed by atoms with Gasteiger partial charge in [-0.1, -0.05) is 48.0 Å². The fraction of sp³-hybridized carbons (Fsp3) is 0.167. The molecule has 208 valence electrons. The number of halogens is 1. The third-order valence-corrected chi connectivity index (χ3v) is 6.33. The van der Waals surface area contributed by atoms with Crippen LogP contribution < -0.4 is 10.2 Å². The summed E-state index contributed by atoms with van der Waals surface area (Å²) in [7, 11) is 0. The number of carbonyl (C=O) groups excluding carboxylic acids is 2. The van der Waals surface area contributed by atoms with E-state index in [-0.39, 0.29) is 30.3 Å². The largest absolute Gasteiger partial charge is 0.508 e. The Hall–Kier alpha value is -5.32. The average molecular weight is 555 g/mol. The van der Waals surface area contributed by atoms with Crippen LogP contribution in [-0.2, 0) is 22.7 Å². The van der Waals surface area contributed by atoms with Gasteiger partial charge in [0, 0.05) is 23.9 Å². The molecular formula is C30H27FN6O4. The van der Waals surface area contributed by atoms with Gasteiger partial charge in [0.2, 0.25) is 5.82 Å². The molecule has 1 atom stereocenters. The van der Waals surface area contributed by atoms with Crippen LogP contribution in [0.2, 0.25) is 0 Å². The third-order valence-electron chi connectivity index (χ3n) is 6.33. The highest BCUT2D eigenvalue weighted by atomic mass is 19.1. The molecule has 10 nitrogen and oxygen atoms in total. The van der Waals surface area contributed by atoms with Crippen molar-refractivity contribution in [3.63, 3.8) is 0 Å². The molecule has 11 heteroatoms. The molecule has 5 aromatic rings. The van der Waals surface area contributed by atoms with E-state index < -0.39 is 23.7 Å². The Kier molecular flexibility index (Phi) is 7.86. The number of phenolic OH excluding ortho intramolecular Hbond substituents is 1. The number of nitrogens with zero attached hydrogens (tertiary/aromatic N) is 5. The maximum absolute atomic E-state index is 13.9. The standard InChI is InChI=1S/C30H27FN6O4/c1-19-6-11-22(12-7-19)29-33-35-36(34-29)18-27(39)37(24-4-3-5-25(38)16-24)28(26-15-8-20(2)41-26)30(40)32-17-21-9-13-23(31)14-10-21/h3-16,28,38H,17-18H2,1-2H3,(H,32,40). The molecule has 1 unspecified atom stereocenters. The first-order chi connectivity index (χ1) is 19.8. The van der Waals surface area contributed by atoms with Crippen LogP contribution in [0, 0.1) is 19.7 Å². The number of aromatic hydroxyl groups is 1. The van der Waals surface area contributed by atoms with Gasteiger partial charge in [-0.05, 0) is 61.0 Å². The van der Waals surface area contributed by atoms with Gasteiger partial charge in [-0.25, -0.2) is 4.39 Å². The van der Waals surface area contributed by atoms with Crippen molar-refractivity contribution >= 4 is 17.5 Å². The number of tetrazole rings is 1. The molecule has 0 aliphatic heterocycles. The zero-order chi connectivity index (χ0) is 28.9. The number of nitrogens with one attached hydrogen (secondary N) is 1. The van der Waals surface area contributed by atoms with Crippen molar-refractivity contribution in [2.24, 2.45) is 0 Å². The molecule has 2 N–H and O–H groups in total. The first-order valence-corrected chi connectivity index (χ1v) is 12.8. The van der Waals surface area contributed by atoms with Gasteiger partial charge in [0.05, 0.1) is 0 Å². The number of benzene rings is 3. The van der Waals surface area contributed by atoms with Crippen LogP contribution in [0.3, 0.4) is 0 Å². The summed E-state index contributed by atoms with van der Waals surface area (Å²) >= 11 is 0. The number of furan rings is 1. The van der Waals surface area contributed by atoms with Crippen molar-refractivity contribution in [3.8, 4) is 17.1 Å². The minimum Gasteiger partial charge on any atom is -0.508 e. The predicted molar refractivity (Wildman–Crippen MR) is 148 cm³/mol. The summed E-state index contributed by atoms with van der Waals surface area (Å²) in [5.74, 6) is -0.495. The van der Waals surface area contributed by atoms with Crippen LogP contribution in [0.1, 0.15) is 28.7 Å². The van der Waals surface area contributed by atoms with Crippen molar-refractivity contribution < 1.29 is 23.5 Å². The predicted octanol–water partition coefficient (Wildman–Crippen LogP) is 4.49. The van der Waals surface area contributed by atoms with Gasteiger partial charge in [-0.2, -0.15) is 4.80 Å². The number of hydrogen-bond donors (Lipinski definition) is 2. The van der Waals surface area contributed by atoms with Crippen molar-refractivity contribution in [2.45, 2.75) is 33.0 Å². The highest BCUT2D eigenvalue weighted by Crippen LogP contribution is 2.31. The van der Waals surface area contributed by atoms with Gasteiger partial charge in [0.25, 0.3) is 11.8 Å². The maximum atomic E-state index is 13.9. The Labute approximate surface area is 235 Å². The number of anilines is 1. The van der Waals surface area contributed by atoms with E-state index in [0.29, 0.717) is 17.1 Å². The van der Waals surface area contributed by atoms with Crippen LogP contribution >= 0.6 is 0 Å². The molecule has 0 saturated heterocycles. The van der Waals surface area contributed by atoms with E-state index in [2.05, 4.69) is 20.7 Å². The number of aryl methyl sites for hydroxylation is 2. The van der Waals surface area contributed by atoms with Gasteiger partial charge in [0.1, 0.15) is 29.6 Å². The number of hydrogen-bond acceptors (Lipinski definition) is 7. The SMILES string of the molecule is Cc1ccc(-c2nnn(CC(=O)N(c3cccc(O)c3)C(C(=O)NCc3ccc(F)cc3)c3ccc(C)o3)n2)cc1. The molecule has 0 radical (unpaired) electrons. The zero-order valence-electron chi connectivity index (χ0n) is 22.4. The lowest BCUT2D eigenvalue weighted by Crippen LogP contribution is -2.45. The quantitative estimate of drug-likeness (QED) is 0.275. The van der Waals surface area contributed by atoms with E-state index in [1.54, 1.807) is 43.3 Å². The fourth-order valence-electron chi connectivity index (χ4n) is 4.27. The average Bonchev–Trinajstić information content (AvgIpc) is 3.60. The Balaban J connectivity index is 1.47. The molecule has 0 bridgehead atoms. The van der Waals surface area contributed by atoms with Crippen LogP contribution in [0.15, 0.2) is 89.3 Å². The smallest absolute Gasteiger partial charge is 0.251 e. The molecule has 5 rings (SSSR count). The monoisotopic (exact) mass is 554 g/mol. The summed E-state index contributed by atoms with van der Waals surface area (Å²) in [4.78, 5) is 30.0. The van der Waals surface area contributed by atoms with Gasteiger partial charge >= 0.3 is 0 Å². The van der Waals surface area contributed by atoms with Gasteiger partial charge < -0.3 is 14.8 Å². The van der Waals surface area contributed by atoms with E-state index >= 15 is 0 Å². The minimum absolute atomic E-state index is 0.0852. The van der Waals surface area contributed by atoms with Crippen molar-refractivity contribution in [1.29, 1.82) is 0 Å².